The first kappa shape index (κ1) is 17.5. The lowest BCUT2D eigenvalue weighted by atomic mass is 9.90. The summed E-state index contributed by atoms with van der Waals surface area (Å²) in [5.41, 5.74) is 6.32. The lowest BCUT2D eigenvalue weighted by molar-refractivity contribution is 0.684. The molecule has 134 valence electrons. The van der Waals surface area contributed by atoms with Gasteiger partial charge in [-0.05, 0) is 59.7 Å². The average molecular weight is 351 g/mol. The molecule has 0 bridgehead atoms. The van der Waals surface area contributed by atoms with E-state index < -0.39 is 0 Å². The van der Waals surface area contributed by atoms with E-state index in [4.69, 9.17) is 0 Å². The predicted molar refractivity (Wildman–Crippen MR) is 115 cm³/mol. The van der Waals surface area contributed by atoms with E-state index in [-0.39, 0.29) is 0 Å². The minimum absolute atomic E-state index is 0.520. The van der Waals surface area contributed by atoms with Crippen molar-refractivity contribution in [2.24, 2.45) is 0 Å². The van der Waals surface area contributed by atoms with E-state index in [2.05, 4.69) is 97.7 Å². The minimum Gasteiger partial charge on any atom is -0.256 e. The van der Waals surface area contributed by atoms with Gasteiger partial charge in [-0.2, -0.15) is 0 Å². The number of fused-ring (bicyclic) bond motifs is 1. The van der Waals surface area contributed by atoms with Crippen molar-refractivity contribution < 1.29 is 0 Å². The van der Waals surface area contributed by atoms with Gasteiger partial charge in [-0.25, -0.2) is 0 Å². The fourth-order valence-corrected chi connectivity index (χ4v) is 3.73. The first-order valence-corrected chi connectivity index (χ1v) is 9.70. The Kier molecular flexibility index (Phi) is 5.02. The van der Waals surface area contributed by atoms with Crippen LogP contribution in [0, 0.1) is 6.92 Å². The fraction of sp³-hybridized carbons (Fsp3) is 0.192. The van der Waals surface area contributed by atoms with Gasteiger partial charge in [0.1, 0.15) is 0 Å². The average Bonchev–Trinajstić information content (AvgIpc) is 2.72. The summed E-state index contributed by atoms with van der Waals surface area (Å²) in [7, 11) is 0. The fourth-order valence-electron chi connectivity index (χ4n) is 3.73. The lowest BCUT2D eigenvalue weighted by Crippen LogP contribution is -1.98. The molecule has 0 N–H and O–H groups in total. The van der Waals surface area contributed by atoms with Crippen molar-refractivity contribution in [3.05, 3.63) is 102 Å². The molecular formula is C26H25N. The topological polar surface area (TPSA) is 12.9 Å². The van der Waals surface area contributed by atoms with Crippen molar-refractivity contribution >= 4 is 10.8 Å². The molecule has 0 unspecified atom stereocenters. The van der Waals surface area contributed by atoms with Crippen LogP contribution in [0.4, 0.5) is 0 Å². The number of pyridine rings is 1. The molecule has 1 atom stereocenters. The second-order valence-electron chi connectivity index (χ2n) is 7.42. The molecule has 4 aromatic rings. The maximum Gasteiger partial charge on any atom is 0.0704 e. The Hall–Kier alpha value is -2.93. The molecule has 1 heteroatoms. The van der Waals surface area contributed by atoms with Gasteiger partial charge in [-0.1, -0.05) is 79.2 Å². The van der Waals surface area contributed by atoms with Gasteiger partial charge >= 0.3 is 0 Å². The molecule has 3 aromatic carbocycles. The van der Waals surface area contributed by atoms with E-state index in [0.717, 1.165) is 18.5 Å². The van der Waals surface area contributed by atoms with Crippen LogP contribution in [0.2, 0.25) is 0 Å². The Bertz CT molecular complexity index is 1040. The van der Waals surface area contributed by atoms with Crippen LogP contribution in [0.25, 0.3) is 22.0 Å². The summed E-state index contributed by atoms with van der Waals surface area (Å²) in [6.07, 6.45) is 4.13. The van der Waals surface area contributed by atoms with Crippen molar-refractivity contribution in [2.75, 3.05) is 0 Å². The molecule has 0 saturated carbocycles. The molecule has 1 nitrogen and oxygen atoms in total. The highest BCUT2D eigenvalue weighted by Gasteiger charge is 2.10. The van der Waals surface area contributed by atoms with Crippen LogP contribution in [-0.4, -0.2) is 4.98 Å². The normalized spacial score (nSPS) is 12.2. The SMILES string of the molecule is Cc1ccc(-c2cc(CC[C@H](C)c3cccc4ccccc34)ccn2)cc1. The zero-order chi connectivity index (χ0) is 18.6. The van der Waals surface area contributed by atoms with Gasteiger partial charge in [-0.15, -0.1) is 0 Å². The Morgan fingerprint density at radius 3 is 2.48 bits per heavy atom. The molecule has 0 radical (unpaired) electrons. The van der Waals surface area contributed by atoms with Crippen LogP contribution in [0.1, 0.15) is 36.0 Å². The highest BCUT2D eigenvalue weighted by atomic mass is 14.7. The van der Waals surface area contributed by atoms with E-state index in [0.29, 0.717) is 5.92 Å². The Labute approximate surface area is 161 Å². The van der Waals surface area contributed by atoms with Crippen LogP contribution >= 0.6 is 0 Å². The maximum atomic E-state index is 4.57. The third kappa shape index (κ3) is 3.93. The minimum atomic E-state index is 0.520. The summed E-state index contributed by atoms with van der Waals surface area (Å²) in [5.74, 6) is 0.520. The molecule has 27 heavy (non-hydrogen) atoms. The number of aryl methyl sites for hydroxylation is 2. The largest absolute Gasteiger partial charge is 0.256 e. The second kappa shape index (κ2) is 7.75. The van der Waals surface area contributed by atoms with Crippen LogP contribution < -0.4 is 0 Å². The van der Waals surface area contributed by atoms with Gasteiger partial charge in [0.15, 0.2) is 0 Å². The zero-order valence-corrected chi connectivity index (χ0v) is 16.0. The maximum absolute atomic E-state index is 4.57. The number of hydrogen-bond donors (Lipinski definition) is 0. The van der Waals surface area contributed by atoms with Gasteiger partial charge in [0.05, 0.1) is 5.69 Å². The summed E-state index contributed by atoms with van der Waals surface area (Å²) in [5, 5.41) is 2.70. The van der Waals surface area contributed by atoms with Gasteiger partial charge < -0.3 is 0 Å². The number of aromatic nitrogens is 1. The molecule has 1 aromatic heterocycles. The van der Waals surface area contributed by atoms with Crippen molar-refractivity contribution in [3.8, 4) is 11.3 Å². The van der Waals surface area contributed by atoms with E-state index >= 15 is 0 Å². The number of rotatable bonds is 5. The van der Waals surface area contributed by atoms with Gasteiger partial charge in [0.2, 0.25) is 0 Å². The molecule has 0 aliphatic heterocycles. The smallest absolute Gasteiger partial charge is 0.0704 e. The third-order valence-electron chi connectivity index (χ3n) is 5.39. The predicted octanol–water partition coefficient (Wildman–Crippen LogP) is 6.95. The summed E-state index contributed by atoms with van der Waals surface area (Å²) in [6.45, 7) is 4.45. The Morgan fingerprint density at radius 2 is 1.63 bits per heavy atom. The van der Waals surface area contributed by atoms with Crippen molar-refractivity contribution in [2.45, 2.75) is 32.6 Å². The third-order valence-corrected chi connectivity index (χ3v) is 5.39. The summed E-state index contributed by atoms with van der Waals surface area (Å²) >= 11 is 0. The van der Waals surface area contributed by atoms with Gasteiger partial charge in [-0.3, -0.25) is 4.98 Å². The molecule has 0 aliphatic carbocycles. The molecular weight excluding hydrogens is 326 g/mol. The van der Waals surface area contributed by atoms with E-state index in [1.165, 1.54) is 33.0 Å². The first-order valence-electron chi connectivity index (χ1n) is 9.70. The quantitative estimate of drug-likeness (QED) is 0.379. The molecule has 4 rings (SSSR count). The molecule has 0 fully saturated rings. The second-order valence-corrected chi connectivity index (χ2v) is 7.42. The zero-order valence-electron chi connectivity index (χ0n) is 16.0. The van der Waals surface area contributed by atoms with E-state index in [1.807, 2.05) is 6.20 Å². The van der Waals surface area contributed by atoms with Gasteiger partial charge in [0.25, 0.3) is 0 Å². The van der Waals surface area contributed by atoms with E-state index in [1.54, 1.807) is 0 Å². The number of hydrogen-bond acceptors (Lipinski definition) is 1. The summed E-state index contributed by atoms with van der Waals surface area (Å²) < 4.78 is 0. The van der Waals surface area contributed by atoms with Crippen LogP contribution in [0.15, 0.2) is 85.1 Å². The van der Waals surface area contributed by atoms with Crippen LogP contribution in [0.3, 0.4) is 0 Å². The molecule has 0 amide bonds. The lowest BCUT2D eigenvalue weighted by Gasteiger charge is -2.15. The number of benzene rings is 3. The summed E-state index contributed by atoms with van der Waals surface area (Å²) in [6, 6.07) is 28.3. The highest BCUT2D eigenvalue weighted by molar-refractivity contribution is 5.86. The van der Waals surface area contributed by atoms with Crippen molar-refractivity contribution in [1.29, 1.82) is 0 Å². The molecule has 0 spiro atoms. The van der Waals surface area contributed by atoms with E-state index in [9.17, 15) is 0 Å². The highest BCUT2D eigenvalue weighted by Crippen LogP contribution is 2.29. The monoisotopic (exact) mass is 351 g/mol. The van der Waals surface area contributed by atoms with Crippen LogP contribution in [0.5, 0.6) is 0 Å². The molecule has 0 saturated heterocycles. The molecule has 0 aliphatic rings. The molecule has 1 heterocycles. The number of nitrogens with zero attached hydrogens (tertiary/aromatic N) is 1. The van der Waals surface area contributed by atoms with Gasteiger partial charge in [0, 0.05) is 11.8 Å². The summed E-state index contributed by atoms with van der Waals surface area (Å²) in [4.78, 5) is 4.57. The Balaban J connectivity index is 1.51. The Morgan fingerprint density at radius 1 is 0.852 bits per heavy atom. The first-order chi connectivity index (χ1) is 13.2. The van der Waals surface area contributed by atoms with Crippen LogP contribution in [-0.2, 0) is 6.42 Å². The van der Waals surface area contributed by atoms with Crippen molar-refractivity contribution in [3.63, 3.8) is 0 Å². The standard InChI is InChI=1S/C26H25N/c1-19-10-14-23(15-11-19)26-18-21(16-17-27-26)13-12-20(2)24-9-5-7-22-6-3-4-8-25(22)24/h3-11,14-18,20H,12-13H2,1-2H3/t20-/m0/s1. The van der Waals surface area contributed by atoms with Crippen molar-refractivity contribution in [1.82, 2.24) is 4.98 Å².